The smallest absolute Gasteiger partial charge is 0.369 e. The number of rotatable bonds is 4. The van der Waals surface area contributed by atoms with E-state index in [2.05, 4.69) is 5.32 Å². The Morgan fingerprint density at radius 3 is 2.42 bits per heavy atom. The van der Waals surface area contributed by atoms with Gasteiger partial charge in [-0.15, -0.1) is 0 Å². The van der Waals surface area contributed by atoms with E-state index >= 15 is 0 Å². The number of alkyl halides is 3. The van der Waals surface area contributed by atoms with Crippen LogP contribution in [0.2, 0.25) is 0 Å². The molecular formula is C13H23F3N2O. The molecule has 0 aromatic heterocycles. The van der Waals surface area contributed by atoms with Crippen LogP contribution in [0.3, 0.4) is 0 Å². The molecule has 19 heavy (non-hydrogen) atoms. The summed E-state index contributed by atoms with van der Waals surface area (Å²) in [6, 6.07) is 0.988. The molecule has 0 aromatic rings. The van der Waals surface area contributed by atoms with Gasteiger partial charge < -0.3 is 15.8 Å². The Labute approximate surface area is 112 Å². The summed E-state index contributed by atoms with van der Waals surface area (Å²) in [5.41, 5.74) is 5.86. The Morgan fingerprint density at radius 1 is 1.05 bits per heavy atom. The van der Waals surface area contributed by atoms with E-state index in [1.807, 2.05) is 0 Å². The summed E-state index contributed by atoms with van der Waals surface area (Å²) in [5.74, 6) is 0. The van der Waals surface area contributed by atoms with Crippen molar-refractivity contribution in [1.29, 1.82) is 0 Å². The van der Waals surface area contributed by atoms with Gasteiger partial charge >= 0.3 is 6.18 Å². The first-order valence-corrected chi connectivity index (χ1v) is 7.12. The van der Waals surface area contributed by atoms with Crippen molar-refractivity contribution < 1.29 is 17.9 Å². The second-order valence-corrected chi connectivity index (χ2v) is 5.85. The maximum atomic E-state index is 12.1. The number of nitrogens with one attached hydrogen (secondary N) is 1. The first kappa shape index (κ1) is 15.1. The van der Waals surface area contributed by atoms with Crippen LogP contribution in [0.1, 0.15) is 44.9 Å². The summed E-state index contributed by atoms with van der Waals surface area (Å²) in [5, 5.41) is 3.53. The SMILES string of the molecule is NC1CCC(NC2CCCC(OCC(F)(F)F)C2)C1. The molecule has 4 atom stereocenters. The zero-order chi connectivity index (χ0) is 13.9. The van der Waals surface area contributed by atoms with Gasteiger partial charge in [0.2, 0.25) is 0 Å². The predicted octanol–water partition coefficient (Wildman–Crippen LogP) is 2.35. The maximum Gasteiger partial charge on any atom is 0.411 e. The number of ether oxygens (including phenoxy) is 1. The summed E-state index contributed by atoms with van der Waals surface area (Å²) in [6.45, 7) is -1.13. The highest BCUT2D eigenvalue weighted by Crippen LogP contribution is 2.26. The lowest BCUT2D eigenvalue weighted by Crippen LogP contribution is -2.42. The van der Waals surface area contributed by atoms with Gasteiger partial charge in [-0.1, -0.05) is 0 Å². The number of nitrogens with two attached hydrogens (primary N) is 1. The minimum atomic E-state index is -4.22. The van der Waals surface area contributed by atoms with Crippen molar-refractivity contribution in [3.8, 4) is 0 Å². The Morgan fingerprint density at radius 2 is 1.79 bits per heavy atom. The number of hydrogen-bond donors (Lipinski definition) is 2. The molecule has 3 N–H and O–H groups in total. The van der Waals surface area contributed by atoms with E-state index in [1.54, 1.807) is 0 Å². The quantitative estimate of drug-likeness (QED) is 0.831. The molecule has 0 radical (unpaired) electrons. The van der Waals surface area contributed by atoms with E-state index in [4.69, 9.17) is 10.5 Å². The van der Waals surface area contributed by atoms with Crippen LogP contribution in [-0.4, -0.2) is 37.0 Å². The zero-order valence-electron chi connectivity index (χ0n) is 11.1. The van der Waals surface area contributed by atoms with Crippen LogP contribution in [-0.2, 0) is 4.74 Å². The highest BCUT2D eigenvalue weighted by atomic mass is 19.4. The molecule has 2 aliphatic carbocycles. The third kappa shape index (κ3) is 5.28. The summed E-state index contributed by atoms with van der Waals surface area (Å²) in [6.07, 6.45) is 1.98. The monoisotopic (exact) mass is 280 g/mol. The first-order valence-electron chi connectivity index (χ1n) is 7.12. The average Bonchev–Trinajstić information content (AvgIpc) is 2.72. The van der Waals surface area contributed by atoms with Gasteiger partial charge in [-0.25, -0.2) is 0 Å². The molecule has 0 amide bonds. The molecule has 2 fully saturated rings. The van der Waals surface area contributed by atoms with Gasteiger partial charge in [-0.2, -0.15) is 13.2 Å². The van der Waals surface area contributed by atoms with E-state index in [0.29, 0.717) is 12.5 Å². The molecule has 0 heterocycles. The van der Waals surface area contributed by atoms with Gasteiger partial charge in [0.15, 0.2) is 0 Å². The molecule has 2 rings (SSSR count). The molecule has 0 saturated heterocycles. The third-order valence-electron chi connectivity index (χ3n) is 4.05. The highest BCUT2D eigenvalue weighted by molar-refractivity contribution is 4.87. The Balaban J connectivity index is 1.71. The van der Waals surface area contributed by atoms with Crippen molar-refractivity contribution in [3.05, 3.63) is 0 Å². The standard InChI is InChI=1S/C13H23F3N2O/c14-13(15,16)8-19-12-3-1-2-10(7-12)18-11-5-4-9(17)6-11/h9-12,18H,1-8,17H2. The lowest BCUT2D eigenvalue weighted by molar-refractivity contribution is -0.188. The summed E-state index contributed by atoms with van der Waals surface area (Å²) in [7, 11) is 0. The summed E-state index contributed by atoms with van der Waals surface area (Å²) in [4.78, 5) is 0. The molecule has 4 unspecified atom stereocenters. The predicted molar refractivity (Wildman–Crippen MR) is 66.8 cm³/mol. The van der Waals surface area contributed by atoms with Crippen LogP contribution in [0, 0.1) is 0 Å². The van der Waals surface area contributed by atoms with Gasteiger partial charge in [-0.3, -0.25) is 0 Å². The van der Waals surface area contributed by atoms with Crippen LogP contribution in [0.5, 0.6) is 0 Å². The third-order valence-corrected chi connectivity index (χ3v) is 4.05. The van der Waals surface area contributed by atoms with Crippen molar-refractivity contribution in [3.63, 3.8) is 0 Å². The molecule has 0 aliphatic heterocycles. The topological polar surface area (TPSA) is 47.3 Å². The fourth-order valence-corrected chi connectivity index (χ4v) is 3.16. The molecule has 2 aliphatic rings. The Kier molecular flexibility index (Phi) is 5.09. The fourth-order valence-electron chi connectivity index (χ4n) is 3.16. The van der Waals surface area contributed by atoms with Gasteiger partial charge in [0.25, 0.3) is 0 Å². The molecule has 3 nitrogen and oxygen atoms in total. The molecule has 0 aromatic carbocycles. The van der Waals surface area contributed by atoms with E-state index in [1.165, 1.54) is 0 Å². The highest BCUT2D eigenvalue weighted by Gasteiger charge is 2.32. The van der Waals surface area contributed by atoms with Crippen LogP contribution in [0.25, 0.3) is 0 Å². The minimum Gasteiger partial charge on any atom is -0.369 e. The molecule has 112 valence electrons. The maximum absolute atomic E-state index is 12.1. The normalized spacial score (nSPS) is 36.6. The van der Waals surface area contributed by atoms with Crippen molar-refractivity contribution in [2.75, 3.05) is 6.61 Å². The van der Waals surface area contributed by atoms with E-state index in [-0.39, 0.29) is 18.2 Å². The zero-order valence-corrected chi connectivity index (χ0v) is 11.1. The Bertz CT molecular complexity index is 286. The van der Waals surface area contributed by atoms with Gasteiger partial charge in [0.05, 0.1) is 6.10 Å². The van der Waals surface area contributed by atoms with Crippen LogP contribution in [0.15, 0.2) is 0 Å². The van der Waals surface area contributed by atoms with Crippen LogP contribution >= 0.6 is 0 Å². The van der Waals surface area contributed by atoms with Crippen molar-refractivity contribution in [2.24, 2.45) is 5.73 Å². The lowest BCUT2D eigenvalue weighted by atomic mass is 9.92. The van der Waals surface area contributed by atoms with Crippen LogP contribution in [0.4, 0.5) is 13.2 Å². The number of hydrogen-bond acceptors (Lipinski definition) is 3. The fraction of sp³-hybridized carbons (Fsp3) is 1.00. The van der Waals surface area contributed by atoms with Crippen molar-refractivity contribution in [1.82, 2.24) is 5.32 Å². The second kappa shape index (κ2) is 6.41. The average molecular weight is 280 g/mol. The first-order chi connectivity index (χ1) is 8.92. The molecular weight excluding hydrogens is 257 g/mol. The lowest BCUT2D eigenvalue weighted by Gasteiger charge is -2.32. The summed E-state index contributed by atoms with van der Waals surface area (Å²) < 4.78 is 41.3. The van der Waals surface area contributed by atoms with Crippen molar-refractivity contribution >= 4 is 0 Å². The summed E-state index contributed by atoms with van der Waals surface area (Å²) >= 11 is 0. The largest absolute Gasteiger partial charge is 0.411 e. The Hall–Kier alpha value is -0.330. The number of halogens is 3. The van der Waals surface area contributed by atoms with Gasteiger partial charge in [0.1, 0.15) is 6.61 Å². The van der Waals surface area contributed by atoms with Crippen LogP contribution < -0.4 is 11.1 Å². The second-order valence-electron chi connectivity index (χ2n) is 5.85. The van der Waals surface area contributed by atoms with E-state index in [0.717, 1.165) is 38.5 Å². The molecule has 0 bridgehead atoms. The van der Waals surface area contributed by atoms with E-state index < -0.39 is 12.8 Å². The molecule has 6 heteroatoms. The van der Waals surface area contributed by atoms with Gasteiger partial charge in [0, 0.05) is 18.1 Å². The van der Waals surface area contributed by atoms with Crippen molar-refractivity contribution in [2.45, 2.75) is 75.4 Å². The van der Waals surface area contributed by atoms with Gasteiger partial charge in [-0.05, 0) is 44.9 Å². The molecule has 2 saturated carbocycles. The minimum absolute atomic E-state index is 0.261. The molecule has 0 spiro atoms. The van der Waals surface area contributed by atoms with E-state index in [9.17, 15) is 13.2 Å².